The summed E-state index contributed by atoms with van der Waals surface area (Å²) in [5.74, 6) is -0.711. The number of thiazole rings is 1. The van der Waals surface area contributed by atoms with Crippen LogP contribution in [0.4, 0.5) is 0 Å². The van der Waals surface area contributed by atoms with E-state index in [1.165, 1.54) is 17.2 Å². The van der Waals surface area contributed by atoms with E-state index in [1.807, 2.05) is 64.4 Å². The Hall–Kier alpha value is -3.12. The van der Waals surface area contributed by atoms with Gasteiger partial charge in [-0.25, -0.2) is 4.98 Å². The van der Waals surface area contributed by atoms with Crippen LogP contribution in [0.5, 0.6) is 0 Å². The Labute approximate surface area is 240 Å². The van der Waals surface area contributed by atoms with Gasteiger partial charge >= 0.3 is 0 Å². The van der Waals surface area contributed by atoms with Gasteiger partial charge < -0.3 is 20.4 Å². The van der Waals surface area contributed by atoms with E-state index in [1.54, 1.807) is 17.4 Å². The molecule has 5 atom stereocenters. The molecule has 0 saturated carbocycles. The zero-order valence-corrected chi connectivity index (χ0v) is 24.3. The summed E-state index contributed by atoms with van der Waals surface area (Å²) in [7, 11) is 5.76. The number of aryl methyl sites for hydroxylation is 1. The highest BCUT2D eigenvalue weighted by atomic mass is 32.1. The lowest BCUT2D eigenvalue weighted by Crippen LogP contribution is -2.57. The lowest BCUT2D eigenvalue weighted by atomic mass is 9.85. The van der Waals surface area contributed by atoms with Crippen LogP contribution >= 0.6 is 11.3 Å². The Bertz CT molecular complexity index is 1340. The van der Waals surface area contributed by atoms with Crippen LogP contribution in [-0.4, -0.2) is 69.5 Å². The number of nitrogens with zero attached hydrogens (tertiary/aromatic N) is 3. The fourth-order valence-corrected chi connectivity index (χ4v) is 5.76. The van der Waals surface area contributed by atoms with Gasteiger partial charge in [-0.3, -0.25) is 19.9 Å². The van der Waals surface area contributed by atoms with E-state index in [0.29, 0.717) is 5.56 Å². The molecular weight excluding hydrogens is 525 g/mol. The van der Waals surface area contributed by atoms with E-state index in [2.05, 4.69) is 20.6 Å². The Morgan fingerprint density at radius 1 is 1.15 bits per heavy atom. The number of pyridine rings is 1. The van der Waals surface area contributed by atoms with Gasteiger partial charge in [0, 0.05) is 19.2 Å². The maximum Gasteiger partial charge on any atom is 0.243 e. The molecule has 0 bridgehead atoms. The first-order valence-corrected chi connectivity index (χ1v) is 14.2. The molecule has 1 aliphatic rings. The predicted octanol–water partition coefficient (Wildman–Crippen LogP) is 2.14. The molecule has 1 aliphatic heterocycles. The summed E-state index contributed by atoms with van der Waals surface area (Å²) in [6.45, 7) is 9.51. The summed E-state index contributed by atoms with van der Waals surface area (Å²) in [4.78, 5) is 38.0. The molecule has 11 heteroatoms. The second kappa shape index (κ2) is 12.2. The first kappa shape index (κ1) is 29.9. The third-order valence-corrected chi connectivity index (χ3v) is 8.18. The number of hydrogen-bond acceptors (Lipinski definition) is 8. The number of aliphatic hydroxyl groups is 2. The van der Waals surface area contributed by atoms with Gasteiger partial charge in [-0.15, -0.1) is 11.3 Å². The monoisotopic (exact) mass is 561 g/mol. The van der Waals surface area contributed by atoms with Crippen LogP contribution < -0.4 is 16.2 Å². The fourth-order valence-electron chi connectivity index (χ4n) is 4.95. The van der Waals surface area contributed by atoms with Crippen molar-refractivity contribution >= 4 is 36.6 Å². The van der Waals surface area contributed by atoms with Gasteiger partial charge in [-0.1, -0.05) is 45.0 Å². The molecule has 3 heterocycles. The van der Waals surface area contributed by atoms with Gasteiger partial charge in [0.2, 0.25) is 11.8 Å². The van der Waals surface area contributed by atoms with Crippen molar-refractivity contribution in [1.29, 1.82) is 0 Å². The third kappa shape index (κ3) is 6.78. The van der Waals surface area contributed by atoms with Crippen molar-refractivity contribution in [2.45, 2.75) is 71.5 Å². The molecule has 1 aromatic carbocycles. The average molecular weight is 562 g/mol. The summed E-state index contributed by atoms with van der Waals surface area (Å²) >= 11 is 1.58. The standard InChI is InChI=1S/C29H36BN5O4S/c1-16(18-6-8-19(9-7-18)24-17(2)32-15-40-24)33-27(38)22-13-21(36)14-35(22)28(39)25(29(3,4)5)34-26(37)20-10-11-31-23(30)12-20/h6-12,15-16,21-22,25-26,34,36-37H,13-14H2,1-5H3,(H,33,38)/t16-,21+,22-,25+,26?/m0/s1. The SMILES string of the molecule is [B]c1cc(C(O)N[C@H](C(=O)N2C[C@H](O)C[C@H]2C(=O)N[C@@H](C)c2ccc(-c3scnc3C)cc2)C(C)(C)C)ccn1. The maximum absolute atomic E-state index is 13.8. The van der Waals surface area contributed by atoms with Crippen LogP contribution in [0.3, 0.4) is 0 Å². The topological polar surface area (TPSA) is 128 Å². The summed E-state index contributed by atoms with van der Waals surface area (Å²) in [5, 5.41) is 27.3. The number of rotatable bonds is 8. The van der Waals surface area contributed by atoms with Crippen molar-refractivity contribution in [2.24, 2.45) is 5.41 Å². The molecule has 2 aromatic heterocycles. The van der Waals surface area contributed by atoms with Crippen LogP contribution in [0.2, 0.25) is 0 Å². The molecule has 0 spiro atoms. The quantitative estimate of drug-likeness (QED) is 0.245. The molecule has 40 heavy (non-hydrogen) atoms. The van der Waals surface area contributed by atoms with Crippen molar-refractivity contribution in [2.75, 3.05) is 6.54 Å². The Morgan fingerprint density at radius 3 is 2.45 bits per heavy atom. The number of β-amino-alcohol motifs (C(OH)–C–C–N with tert-alkyl or cyclic N) is 1. The zero-order valence-electron chi connectivity index (χ0n) is 23.5. The molecule has 210 valence electrons. The molecular formula is C29H36BN5O4S. The summed E-state index contributed by atoms with van der Waals surface area (Å²) in [6.07, 6.45) is -0.401. The van der Waals surface area contributed by atoms with Gasteiger partial charge in [0.1, 0.15) is 20.1 Å². The maximum atomic E-state index is 13.8. The van der Waals surface area contributed by atoms with Gasteiger partial charge in [0.25, 0.3) is 0 Å². The van der Waals surface area contributed by atoms with E-state index < -0.39 is 29.8 Å². The lowest BCUT2D eigenvalue weighted by Gasteiger charge is -2.37. The normalized spacial score (nSPS) is 19.7. The van der Waals surface area contributed by atoms with Crippen LogP contribution in [0.25, 0.3) is 10.4 Å². The molecule has 9 nitrogen and oxygen atoms in total. The van der Waals surface area contributed by atoms with E-state index in [0.717, 1.165) is 21.7 Å². The second-order valence-corrected chi connectivity index (χ2v) is 12.3. The summed E-state index contributed by atoms with van der Waals surface area (Å²) < 4.78 is 0. The smallest absolute Gasteiger partial charge is 0.243 e. The number of likely N-dealkylation sites (tertiary alicyclic amines) is 1. The number of aromatic nitrogens is 2. The number of aliphatic hydroxyl groups excluding tert-OH is 2. The Kier molecular flexibility index (Phi) is 9.09. The minimum Gasteiger partial charge on any atom is -0.391 e. The van der Waals surface area contributed by atoms with Gasteiger partial charge in [-0.05, 0) is 53.7 Å². The number of hydrogen-bond donors (Lipinski definition) is 4. The number of nitrogens with one attached hydrogen (secondary N) is 2. The second-order valence-electron chi connectivity index (χ2n) is 11.4. The molecule has 1 fully saturated rings. The van der Waals surface area contributed by atoms with Gasteiger partial charge in [-0.2, -0.15) is 0 Å². The molecule has 2 amide bonds. The number of benzene rings is 1. The molecule has 1 unspecified atom stereocenters. The average Bonchev–Trinajstić information content (AvgIpc) is 3.51. The minimum absolute atomic E-state index is 0.0285. The first-order valence-electron chi connectivity index (χ1n) is 13.3. The lowest BCUT2D eigenvalue weighted by molar-refractivity contribution is -0.143. The highest BCUT2D eigenvalue weighted by Crippen LogP contribution is 2.30. The van der Waals surface area contributed by atoms with E-state index in [-0.39, 0.29) is 36.4 Å². The van der Waals surface area contributed by atoms with Crippen molar-refractivity contribution in [1.82, 2.24) is 25.5 Å². The van der Waals surface area contributed by atoms with Crippen LogP contribution in [-0.2, 0) is 9.59 Å². The van der Waals surface area contributed by atoms with Crippen LogP contribution in [0, 0.1) is 12.3 Å². The summed E-state index contributed by atoms with van der Waals surface area (Å²) in [5.41, 5.74) is 4.88. The molecule has 0 aliphatic carbocycles. The van der Waals surface area contributed by atoms with Crippen molar-refractivity contribution < 1.29 is 19.8 Å². The van der Waals surface area contributed by atoms with Crippen molar-refractivity contribution in [3.05, 3.63) is 64.9 Å². The van der Waals surface area contributed by atoms with Crippen molar-refractivity contribution in [3.8, 4) is 10.4 Å². The molecule has 2 radical (unpaired) electrons. The van der Waals surface area contributed by atoms with Gasteiger partial charge in [0.15, 0.2) is 0 Å². The largest absolute Gasteiger partial charge is 0.391 e. The van der Waals surface area contributed by atoms with E-state index in [4.69, 9.17) is 7.85 Å². The Balaban J connectivity index is 1.47. The highest BCUT2D eigenvalue weighted by molar-refractivity contribution is 7.13. The highest BCUT2D eigenvalue weighted by Gasteiger charge is 2.44. The number of carbonyl (C=O) groups is 2. The third-order valence-electron chi connectivity index (χ3n) is 7.20. The molecule has 4 N–H and O–H groups in total. The van der Waals surface area contributed by atoms with Crippen molar-refractivity contribution in [3.63, 3.8) is 0 Å². The predicted molar refractivity (Wildman–Crippen MR) is 156 cm³/mol. The molecule has 4 rings (SSSR count). The number of carbonyl (C=O) groups excluding carboxylic acids is 2. The van der Waals surface area contributed by atoms with Gasteiger partial charge in [0.05, 0.1) is 34.3 Å². The molecule has 1 saturated heterocycles. The molecule has 3 aromatic rings. The summed E-state index contributed by atoms with van der Waals surface area (Å²) in [6, 6.07) is 9.10. The van der Waals surface area contributed by atoms with Crippen LogP contribution in [0.15, 0.2) is 48.1 Å². The number of amides is 2. The van der Waals surface area contributed by atoms with E-state index >= 15 is 0 Å². The fraction of sp³-hybridized carbons (Fsp3) is 0.448. The Morgan fingerprint density at radius 2 is 1.85 bits per heavy atom. The minimum atomic E-state index is -1.19. The first-order chi connectivity index (χ1) is 18.8. The van der Waals surface area contributed by atoms with Crippen LogP contribution in [0.1, 0.15) is 63.2 Å². The zero-order chi connectivity index (χ0) is 29.2. The van der Waals surface area contributed by atoms with E-state index in [9.17, 15) is 19.8 Å².